The molecule has 0 aliphatic heterocycles. The van der Waals surface area contributed by atoms with E-state index in [-0.39, 0.29) is 18.7 Å². The first-order chi connectivity index (χ1) is 22.9. The number of carbonyl (C=O) groups excluding carboxylic acids is 3. The van der Waals surface area contributed by atoms with Crippen LogP contribution in [0.1, 0.15) is 62.5 Å². The van der Waals surface area contributed by atoms with Crippen LogP contribution in [0, 0.1) is 6.92 Å². The highest BCUT2D eigenvalue weighted by Gasteiger charge is 2.26. The van der Waals surface area contributed by atoms with Crippen molar-refractivity contribution in [3.63, 3.8) is 0 Å². The molecule has 2 heterocycles. The molecule has 11 nitrogen and oxygen atoms in total. The number of hydrogen-bond acceptors (Lipinski definition) is 8. The van der Waals surface area contributed by atoms with Crippen molar-refractivity contribution in [1.29, 1.82) is 0 Å². The van der Waals surface area contributed by atoms with E-state index in [0.29, 0.717) is 36.9 Å². The number of pyridine rings is 1. The third-order valence-electron chi connectivity index (χ3n) is 8.41. The number of rotatable bonds is 8. The van der Waals surface area contributed by atoms with Crippen LogP contribution in [-0.4, -0.2) is 57.0 Å². The van der Waals surface area contributed by atoms with Gasteiger partial charge in [-0.2, -0.15) is 5.10 Å². The summed E-state index contributed by atoms with van der Waals surface area (Å²) in [6, 6.07) is 21.9. The van der Waals surface area contributed by atoms with Crippen molar-refractivity contribution in [3.05, 3.63) is 84.2 Å². The van der Waals surface area contributed by atoms with Crippen LogP contribution >= 0.6 is 0 Å². The van der Waals surface area contributed by atoms with E-state index in [4.69, 9.17) is 20.3 Å². The number of ether oxygens (including phenoxy) is 2. The monoisotopic (exact) mass is 648 g/mol. The Balaban J connectivity index is 1.17. The minimum Gasteiger partial charge on any atom is -0.461 e. The highest BCUT2D eigenvalue weighted by molar-refractivity contribution is 6.00. The minimum absolute atomic E-state index is 0.0382. The van der Waals surface area contributed by atoms with Gasteiger partial charge in [0.25, 0.3) is 5.91 Å². The lowest BCUT2D eigenvalue weighted by molar-refractivity contribution is -0.149. The number of esters is 1. The summed E-state index contributed by atoms with van der Waals surface area (Å²) in [5.74, 6) is -1.04. The molecule has 6 rings (SSSR count). The summed E-state index contributed by atoms with van der Waals surface area (Å²) >= 11 is 0. The van der Waals surface area contributed by atoms with Crippen molar-refractivity contribution in [2.24, 2.45) is 5.73 Å². The highest BCUT2D eigenvalue weighted by atomic mass is 16.6. The number of fused-ring (bicyclic) bond motifs is 2. The molecule has 4 N–H and O–H groups in total. The van der Waals surface area contributed by atoms with E-state index in [9.17, 15) is 14.4 Å². The molecule has 0 atom stereocenters. The number of para-hydroxylation sites is 1. The van der Waals surface area contributed by atoms with Crippen LogP contribution in [-0.2, 0) is 14.3 Å². The van der Waals surface area contributed by atoms with Gasteiger partial charge in [0.2, 0.25) is 0 Å². The second-order valence-electron chi connectivity index (χ2n) is 13.2. The average Bonchev–Trinajstić information content (AvgIpc) is 3.40. The lowest BCUT2D eigenvalue weighted by Crippen LogP contribution is -2.38. The summed E-state index contributed by atoms with van der Waals surface area (Å²) in [4.78, 5) is 41.3. The molecule has 5 aromatic rings. The maximum atomic E-state index is 12.4. The first kappa shape index (κ1) is 32.5. The quantitative estimate of drug-likeness (QED) is 0.163. The van der Waals surface area contributed by atoms with Gasteiger partial charge in [-0.05, 0) is 95.3 Å². The first-order valence-electron chi connectivity index (χ1n) is 16.2. The van der Waals surface area contributed by atoms with E-state index in [1.807, 2.05) is 60.3 Å². The number of carbonyl (C=O) groups is 3. The van der Waals surface area contributed by atoms with Crippen LogP contribution in [0.2, 0.25) is 0 Å². The zero-order valence-electron chi connectivity index (χ0n) is 27.6. The number of aromatic nitrogens is 3. The Morgan fingerprint density at radius 1 is 0.979 bits per heavy atom. The topological polar surface area (TPSA) is 150 Å². The van der Waals surface area contributed by atoms with Gasteiger partial charge in [-0.1, -0.05) is 30.3 Å². The Kier molecular flexibility index (Phi) is 9.03. The third-order valence-corrected chi connectivity index (χ3v) is 8.41. The van der Waals surface area contributed by atoms with Crippen molar-refractivity contribution in [2.75, 3.05) is 11.9 Å². The van der Waals surface area contributed by atoms with E-state index in [0.717, 1.165) is 44.3 Å². The van der Waals surface area contributed by atoms with Crippen molar-refractivity contribution >= 4 is 45.5 Å². The zero-order valence-corrected chi connectivity index (χ0v) is 27.6. The summed E-state index contributed by atoms with van der Waals surface area (Å²) in [6.07, 6.45) is 3.67. The number of nitrogens with one attached hydrogen (secondary N) is 2. The van der Waals surface area contributed by atoms with Crippen LogP contribution in [0.5, 0.6) is 0 Å². The fourth-order valence-electron chi connectivity index (χ4n) is 6.24. The summed E-state index contributed by atoms with van der Waals surface area (Å²) in [7, 11) is 0. The molecule has 0 saturated heterocycles. The van der Waals surface area contributed by atoms with Gasteiger partial charge in [-0.15, -0.1) is 0 Å². The van der Waals surface area contributed by atoms with E-state index in [1.165, 1.54) is 0 Å². The van der Waals surface area contributed by atoms with E-state index in [2.05, 4.69) is 33.8 Å². The number of alkyl carbamates (subject to hydrolysis) is 1. The molecule has 0 radical (unpaired) electrons. The number of hydrogen-bond donors (Lipinski definition) is 3. The van der Waals surface area contributed by atoms with Gasteiger partial charge < -0.3 is 25.8 Å². The van der Waals surface area contributed by atoms with Crippen LogP contribution in [0.3, 0.4) is 0 Å². The maximum Gasteiger partial charge on any atom is 0.408 e. The van der Waals surface area contributed by atoms with Crippen molar-refractivity contribution in [2.45, 2.75) is 71.1 Å². The van der Waals surface area contributed by atoms with Crippen LogP contribution in [0.4, 0.5) is 10.5 Å². The molecular formula is C37H40N6O5. The lowest BCUT2D eigenvalue weighted by atomic mass is 9.92. The molecule has 248 valence electrons. The van der Waals surface area contributed by atoms with Gasteiger partial charge in [0.05, 0.1) is 28.0 Å². The number of benzene rings is 3. The first-order valence-corrected chi connectivity index (χ1v) is 16.2. The molecular weight excluding hydrogens is 608 g/mol. The van der Waals surface area contributed by atoms with Gasteiger partial charge in [0, 0.05) is 34.3 Å². The molecule has 48 heavy (non-hydrogen) atoms. The Labute approximate surface area is 278 Å². The Morgan fingerprint density at radius 2 is 1.75 bits per heavy atom. The fraction of sp³-hybridized carbons (Fsp3) is 0.324. The number of aryl methyl sites for hydroxylation is 1. The van der Waals surface area contributed by atoms with Crippen LogP contribution in [0.15, 0.2) is 72.9 Å². The van der Waals surface area contributed by atoms with Crippen molar-refractivity contribution in [3.8, 4) is 16.8 Å². The summed E-state index contributed by atoms with van der Waals surface area (Å²) in [5, 5.41) is 13.0. The SMILES string of the molecule is Cc1nn(-c2ccc(C(N)=O)c(N[C@H]3CC[C@H](OC(=O)CNC(=O)OC(C)(C)C)CC3)c2)c2cccc(-c3cnc4ccccc4c3)c12. The minimum atomic E-state index is -0.666. The second kappa shape index (κ2) is 13.3. The zero-order chi connectivity index (χ0) is 34.0. The van der Waals surface area contributed by atoms with Crippen LogP contribution < -0.4 is 16.4 Å². The summed E-state index contributed by atoms with van der Waals surface area (Å²) in [5.41, 5.74) is 11.7. The van der Waals surface area contributed by atoms with Gasteiger partial charge >= 0.3 is 12.1 Å². The number of nitrogens with two attached hydrogens (primary N) is 1. The van der Waals surface area contributed by atoms with E-state index < -0.39 is 23.6 Å². The molecule has 0 spiro atoms. The molecule has 2 aromatic heterocycles. The molecule has 0 unspecified atom stereocenters. The third kappa shape index (κ3) is 7.25. The predicted molar refractivity (Wildman–Crippen MR) is 185 cm³/mol. The molecule has 11 heteroatoms. The fourth-order valence-corrected chi connectivity index (χ4v) is 6.24. The van der Waals surface area contributed by atoms with Crippen molar-refractivity contribution in [1.82, 2.24) is 20.1 Å². The summed E-state index contributed by atoms with van der Waals surface area (Å²) < 4.78 is 12.6. The number of anilines is 1. The molecule has 0 bridgehead atoms. The van der Waals surface area contributed by atoms with Gasteiger partial charge in [-0.25, -0.2) is 9.48 Å². The highest BCUT2D eigenvalue weighted by Crippen LogP contribution is 2.34. The standard InChI is InChI=1S/C37H40N6O5/c1-22-34-28(24-18-23-8-5-6-10-30(23)39-20-24)9-7-11-32(34)43(42-22)26-14-17-29(35(38)45)31(19-26)41-25-12-15-27(16-13-25)47-33(44)21-40-36(46)48-37(2,3)4/h5-11,14,17-20,25,27,41H,12-13,15-16,21H2,1-4H3,(H2,38,45)(H,40,46)/t25-,27-. The van der Waals surface area contributed by atoms with E-state index >= 15 is 0 Å². The van der Waals surface area contributed by atoms with Gasteiger partial charge in [0.1, 0.15) is 18.2 Å². The van der Waals surface area contributed by atoms with Gasteiger partial charge in [0.15, 0.2) is 0 Å². The Hall–Kier alpha value is -5.45. The summed E-state index contributed by atoms with van der Waals surface area (Å²) in [6.45, 7) is 6.99. The number of nitrogens with zero attached hydrogens (tertiary/aromatic N) is 3. The van der Waals surface area contributed by atoms with E-state index in [1.54, 1.807) is 26.8 Å². The molecule has 3 aromatic carbocycles. The second-order valence-corrected chi connectivity index (χ2v) is 13.2. The Morgan fingerprint density at radius 3 is 2.50 bits per heavy atom. The normalized spacial score (nSPS) is 16.4. The molecule has 1 aliphatic rings. The largest absolute Gasteiger partial charge is 0.461 e. The van der Waals surface area contributed by atoms with Crippen LogP contribution in [0.25, 0.3) is 38.6 Å². The average molecular weight is 649 g/mol. The number of amides is 2. The Bertz CT molecular complexity index is 2010. The molecule has 1 saturated carbocycles. The number of primary amides is 1. The maximum absolute atomic E-state index is 12.4. The van der Waals surface area contributed by atoms with Crippen molar-refractivity contribution < 1.29 is 23.9 Å². The smallest absolute Gasteiger partial charge is 0.408 e. The molecule has 2 amide bonds. The molecule has 1 aliphatic carbocycles. The molecule has 1 fully saturated rings. The lowest BCUT2D eigenvalue weighted by Gasteiger charge is -2.30. The van der Waals surface area contributed by atoms with Gasteiger partial charge in [-0.3, -0.25) is 14.6 Å². The predicted octanol–water partition coefficient (Wildman–Crippen LogP) is 6.44.